The van der Waals surface area contributed by atoms with E-state index in [2.05, 4.69) is 31.2 Å². The third-order valence-corrected chi connectivity index (χ3v) is 8.97. The number of rotatable bonds is 3. The van der Waals surface area contributed by atoms with Gasteiger partial charge in [-0.05, 0) is 0 Å². The summed E-state index contributed by atoms with van der Waals surface area (Å²) in [6, 6.07) is 6.14. The number of methoxy groups -OCH3 is 1. The predicted molar refractivity (Wildman–Crippen MR) is 111 cm³/mol. The quantitative estimate of drug-likeness (QED) is 0.0732. The van der Waals surface area contributed by atoms with E-state index in [0.29, 0.717) is 34.7 Å². The summed E-state index contributed by atoms with van der Waals surface area (Å²) in [5.41, 5.74) is 4.24. The van der Waals surface area contributed by atoms with Crippen molar-refractivity contribution in [1.82, 2.24) is 22.3 Å². The van der Waals surface area contributed by atoms with Gasteiger partial charge in [-0.15, -0.1) is 0 Å². The molecule has 6 N–H and O–H groups in total. The van der Waals surface area contributed by atoms with Crippen molar-refractivity contribution in [3.05, 3.63) is 53.7 Å². The predicted octanol–water partition coefficient (Wildman–Crippen LogP) is -3.77. The van der Waals surface area contributed by atoms with Crippen LogP contribution in [0.5, 0.6) is 5.75 Å². The Morgan fingerprint density at radius 3 is 2.94 bits per heavy atom. The number of alkyl halides is 1. The fourth-order valence-electron chi connectivity index (χ4n) is 3.68. The number of urea groups is 1. The molecule has 0 aliphatic carbocycles. The molecule has 5 rings (SSSR count). The van der Waals surface area contributed by atoms with Crippen LogP contribution < -0.4 is 69.2 Å². The molecule has 1 unspecified atom stereocenters. The average molecular weight is 677 g/mol. The van der Waals surface area contributed by atoms with Crippen molar-refractivity contribution in [3.8, 4) is 17.0 Å². The number of anilines is 3. The molecule has 4 heterocycles. The average Bonchev–Trinajstić information content (AvgIpc) is 3.16. The summed E-state index contributed by atoms with van der Waals surface area (Å²) in [6.07, 6.45) is 3.85. The maximum absolute atomic E-state index is 14.4. The van der Waals surface area contributed by atoms with Crippen molar-refractivity contribution >= 4 is 29.0 Å². The van der Waals surface area contributed by atoms with Crippen molar-refractivity contribution < 1.29 is 61.9 Å². The molecule has 33 heavy (non-hydrogen) atoms. The molecule has 10 nitrogen and oxygen atoms in total. The van der Waals surface area contributed by atoms with Crippen molar-refractivity contribution in [2.45, 2.75) is 10.5 Å². The minimum atomic E-state index is -0.899. The zero-order valence-corrected chi connectivity index (χ0v) is 21.4. The molecule has 13 heteroatoms. The van der Waals surface area contributed by atoms with E-state index in [1.165, 1.54) is 13.2 Å². The SMILES string of the molecule is COc1c(F)cccc1Nc1c2[nH]c3c1C(=O)NC(C3)[I-]NC(=O)N[I-]Nc1cnccc1-2. The molecule has 2 aromatic heterocycles. The van der Waals surface area contributed by atoms with Gasteiger partial charge in [0.05, 0.1) is 0 Å². The van der Waals surface area contributed by atoms with E-state index >= 15 is 0 Å². The molecule has 1 aromatic carbocycles. The molecule has 0 spiro atoms. The van der Waals surface area contributed by atoms with Crippen LogP contribution in [0.4, 0.5) is 26.2 Å². The van der Waals surface area contributed by atoms with Crippen LogP contribution in [0.3, 0.4) is 0 Å². The second kappa shape index (κ2) is 9.20. The number of hydrogen-bond donors (Lipinski definition) is 6. The van der Waals surface area contributed by atoms with Crippen LogP contribution in [-0.4, -0.2) is 33.1 Å². The summed E-state index contributed by atoms with van der Waals surface area (Å²) >= 11 is -1.73. The zero-order chi connectivity index (χ0) is 22.9. The van der Waals surface area contributed by atoms with Crippen LogP contribution >= 0.6 is 0 Å². The van der Waals surface area contributed by atoms with Crippen LogP contribution in [0.1, 0.15) is 16.1 Å². The number of para-hydroxylation sites is 1. The Kier molecular flexibility index (Phi) is 6.13. The summed E-state index contributed by atoms with van der Waals surface area (Å²) in [7, 11) is 1.40. The number of nitrogens with zero attached hydrogens (tertiary/aromatic N) is 1. The number of amides is 3. The summed E-state index contributed by atoms with van der Waals surface area (Å²) in [4.78, 5) is 32.9. The van der Waals surface area contributed by atoms with Gasteiger partial charge in [0.1, 0.15) is 0 Å². The van der Waals surface area contributed by atoms with Crippen LogP contribution in [0.2, 0.25) is 0 Å². The van der Waals surface area contributed by atoms with Gasteiger partial charge in [0, 0.05) is 0 Å². The molecule has 3 amide bonds. The third kappa shape index (κ3) is 4.25. The van der Waals surface area contributed by atoms with Gasteiger partial charge in [-0.25, -0.2) is 0 Å². The van der Waals surface area contributed by atoms with Gasteiger partial charge in [0.2, 0.25) is 0 Å². The first-order valence-electron chi connectivity index (χ1n) is 9.72. The number of fused-ring (bicyclic) bond motifs is 4. The number of benzene rings is 1. The fourth-order valence-corrected chi connectivity index (χ4v) is 7.32. The number of carbonyl (C=O) groups is 2. The van der Waals surface area contributed by atoms with E-state index in [0.717, 1.165) is 11.3 Å². The molecule has 1 atom stereocenters. The molecule has 2 aliphatic heterocycles. The van der Waals surface area contributed by atoms with Crippen LogP contribution in [0, 0.1) is 5.82 Å². The van der Waals surface area contributed by atoms with E-state index in [1.807, 2.05) is 6.07 Å². The zero-order valence-electron chi connectivity index (χ0n) is 17.1. The van der Waals surface area contributed by atoms with Gasteiger partial charge < -0.3 is 0 Å². The van der Waals surface area contributed by atoms with Crippen LogP contribution in [-0.2, 0) is 6.42 Å². The Bertz CT molecular complexity index is 1250. The third-order valence-electron chi connectivity index (χ3n) is 5.05. The Morgan fingerprint density at radius 1 is 1.21 bits per heavy atom. The minimum absolute atomic E-state index is 0.0543. The molecule has 0 saturated carbocycles. The van der Waals surface area contributed by atoms with Gasteiger partial charge in [0.25, 0.3) is 0 Å². The normalized spacial score (nSPS) is 17.7. The summed E-state index contributed by atoms with van der Waals surface area (Å²) in [6.45, 7) is 0. The van der Waals surface area contributed by atoms with Gasteiger partial charge in [-0.1, -0.05) is 0 Å². The van der Waals surface area contributed by atoms with E-state index in [1.54, 1.807) is 24.5 Å². The Balaban J connectivity index is 1.69. The number of ether oxygens (including phenoxy) is 1. The first-order valence-corrected chi connectivity index (χ1v) is 14.2. The summed E-state index contributed by atoms with van der Waals surface area (Å²) in [5.74, 6) is -0.724. The molecule has 3 bridgehead atoms. The molecule has 2 aliphatic rings. The van der Waals surface area contributed by atoms with Gasteiger partial charge in [-0.3, -0.25) is 0 Å². The maximum atomic E-state index is 14.4. The second-order valence-electron chi connectivity index (χ2n) is 7.06. The number of carbonyl (C=O) groups excluding carboxylic acids is 2. The fraction of sp³-hybridized carbons (Fsp3) is 0.150. The molecule has 174 valence electrons. The van der Waals surface area contributed by atoms with Crippen molar-refractivity contribution in [2.24, 2.45) is 0 Å². The Labute approximate surface area is 209 Å². The topological polar surface area (TPSA) is 132 Å². The summed E-state index contributed by atoms with van der Waals surface area (Å²) in [5, 5.41) is 6.23. The molecule has 0 fully saturated rings. The summed E-state index contributed by atoms with van der Waals surface area (Å²) < 4.78 is 28.5. The standard InChI is InChI=1S/C20H18FI2N7O3/c1-33-18-10(21)3-2-4-11(18)25-17-15-12-7-14(27-19(15)31)22-29-20(32)30-23-28-13-8-24-6-5-9(13)16(17)26-12/h2-6,8,14,25-26,28H,7H2,1H3,(H,27,31)(H2,29,30,32)/q-2. The van der Waals surface area contributed by atoms with Crippen molar-refractivity contribution in [3.63, 3.8) is 0 Å². The monoisotopic (exact) mass is 677 g/mol. The number of aromatic nitrogens is 2. The number of pyridine rings is 1. The number of H-pyrrole nitrogens is 1. The molecule has 3 aromatic rings. The Hall–Kier alpha value is -2.82. The van der Waals surface area contributed by atoms with E-state index in [9.17, 15) is 14.0 Å². The number of halogens is 3. The first kappa shape index (κ1) is 22.0. The number of hydrogen-bond acceptors (Lipinski definition) is 6. The van der Waals surface area contributed by atoms with E-state index in [4.69, 9.17) is 4.74 Å². The molecular weight excluding hydrogens is 659 g/mol. The van der Waals surface area contributed by atoms with Gasteiger partial charge in [-0.2, -0.15) is 0 Å². The first-order chi connectivity index (χ1) is 16.0. The van der Waals surface area contributed by atoms with Crippen molar-refractivity contribution in [1.29, 1.82) is 0 Å². The second-order valence-corrected chi connectivity index (χ2v) is 11.3. The van der Waals surface area contributed by atoms with Gasteiger partial charge >= 0.3 is 210 Å². The number of aromatic amines is 1. The Morgan fingerprint density at radius 2 is 2.09 bits per heavy atom. The van der Waals surface area contributed by atoms with E-state index < -0.39 is 49.0 Å². The van der Waals surface area contributed by atoms with Crippen LogP contribution in [0.25, 0.3) is 11.3 Å². The molecular formula is C20H18FI2N7O3-2. The van der Waals surface area contributed by atoms with Gasteiger partial charge in [0.15, 0.2) is 0 Å². The van der Waals surface area contributed by atoms with Crippen LogP contribution in [0.15, 0.2) is 36.7 Å². The molecule has 0 saturated heterocycles. The molecule has 0 radical (unpaired) electrons. The van der Waals surface area contributed by atoms with E-state index in [-0.39, 0.29) is 21.7 Å². The van der Waals surface area contributed by atoms with Crippen molar-refractivity contribution in [2.75, 3.05) is 16.0 Å². The number of nitrogens with one attached hydrogen (secondary N) is 6.